The molecule has 1 aromatic carbocycles. The summed E-state index contributed by atoms with van der Waals surface area (Å²) in [6.07, 6.45) is 5.46. The lowest BCUT2D eigenvalue weighted by Crippen LogP contribution is -2.46. The van der Waals surface area contributed by atoms with Crippen LogP contribution >= 0.6 is 11.8 Å². The molecule has 1 aromatic rings. The molecule has 3 rings (SSSR count). The van der Waals surface area contributed by atoms with Crippen LogP contribution in [0.1, 0.15) is 31.2 Å². The van der Waals surface area contributed by atoms with E-state index in [0.29, 0.717) is 12.6 Å². The second-order valence-electron chi connectivity index (χ2n) is 5.96. The van der Waals surface area contributed by atoms with Crippen LogP contribution in [0, 0.1) is 12.8 Å². The van der Waals surface area contributed by atoms with Crippen molar-refractivity contribution in [2.45, 2.75) is 38.6 Å². The van der Waals surface area contributed by atoms with Gasteiger partial charge in [-0.15, -0.1) is 0 Å². The number of nitrogens with zero attached hydrogens (tertiary/aromatic N) is 1. The highest BCUT2D eigenvalue weighted by atomic mass is 32.2. The molecule has 21 heavy (non-hydrogen) atoms. The van der Waals surface area contributed by atoms with Crippen molar-refractivity contribution in [1.82, 2.24) is 5.32 Å². The maximum Gasteiger partial charge on any atom is 0.156 e. The third-order valence-electron chi connectivity index (χ3n) is 4.26. The molecular weight excluding hydrogens is 280 g/mol. The van der Waals surface area contributed by atoms with Gasteiger partial charge in [-0.25, -0.2) is 0 Å². The van der Waals surface area contributed by atoms with E-state index in [1.807, 2.05) is 23.9 Å². The highest BCUT2D eigenvalue weighted by molar-refractivity contribution is 8.13. The number of rotatable bonds is 4. The summed E-state index contributed by atoms with van der Waals surface area (Å²) in [6, 6.07) is 8.83. The van der Waals surface area contributed by atoms with Crippen molar-refractivity contribution in [1.29, 1.82) is 0 Å². The minimum absolute atomic E-state index is 0.642. The van der Waals surface area contributed by atoms with E-state index in [9.17, 15) is 0 Å². The van der Waals surface area contributed by atoms with Gasteiger partial charge in [-0.3, -0.25) is 4.99 Å². The summed E-state index contributed by atoms with van der Waals surface area (Å²) in [4.78, 5) is 4.66. The highest BCUT2D eigenvalue weighted by Crippen LogP contribution is 2.31. The molecule has 1 saturated carbocycles. The average molecular weight is 304 g/mol. The molecule has 0 aromatic heterocycles. The Morgan fingerprint density at radius 3 is 3.14 bits per heavy atom. The van der Waals surface area contributed by atoms with Crippen molar-refractivity contribution in [2.24, 2.45) is 10.9 Å². The number of thioether (sulfide) groups is 1. The maximum atomic E-state index is 5.74. The Bertz CT molecular complexity index is 503. The average Bonchev–Trinajstić information content (AvgIpc) is 2.51. The van der Waals surface area contributed by atoms with E-state index in [0.717, 1.165) is 23.4 Å². The number of aryl methyl sites for hydroxylation is 1. The molecule has 1 saturated heterocycles. The van der Waals surface area contributed by atoms with E-state index in [4.69, 9.17) is 4.74 Å². The Morgan fingerprint density at radius 2 is 2.24 bits per heavy atom. The van der Waals surface area contributed by atoms with Gasteiger partial charge in [-0.1, -0.05) is 36.7 Å². The van der Waals surface area contributed by atoms with Crippen LogP contribution in [0.25, 0.3) is 0 Å². The van der Waals surface area contributed by atoms with E-state index < -0.39 is 0 Å². The summed E-state index contributed by atoms with van der Waals surface area (Å²) in [5.74, 6) is 3.02. The van der Waals surface area contributed by atoms with Gasteiger partial charge in [-0.2, -0.15) is 0 Å². The molecule has 2 aliphatic rings. The fraction of sp³-hybridized carbons (Fsp3) is 0.588. The number of amidine groups is 1. The van der Waals surface area contributed by atoms with Gasteiger partial charge >= 0.3 is 0 Å². The van der Waals surface area contributed by atoms with Crippen molar-refractivity contribution in [3.8, 4) is 5.75 Å². The normalized spacial score (nSPS) is 27.0. The van der Waals surface area contributed by atoms with Crippen molar-refractivity contribution < 1.29 is 4.74 Å². The zero-order valence-corrected chi connectivity index (χ0v) is 13.5. The van der Waals surface area contributed by atoms with Gasteiger partial charge in [0.05, 0.1) is 6.54 Å². The molecule has 114 valence electrons. The summed E-state index contributed by atoms with van der Waals surface area (Å²) < 4.78 is 5.74. The molecule has 3 nitrogen and oxygen atoms in total. The molecule has 0 bridgehead atoms. The van der Waals surface area contributed by atoms with Crippen molar-refractivity contribution in [3.05, 3.63) is 29.8 Å². The van der Waals surface area contributed by atoms with Crippen LogP contribution in [0.5, 0.6) is 5.75 Å². The number of ether oxygens (including phenoxy) is 1. The summed E-state index contributed by atoms with van der Waals surface area (Å²) in [7, 11) is 0. The zero-order valence-electron chi connectivity index (χ0n) is 12.7. The van der Waals surface area contributed by atoms with Gasteiger partial charge in [-0.05, 0) is 43.4 Å². The SMILES string of the molecule is Cc1cccc(OCCN=C2NC3CCCCC3CS2)c1. The number of aliphatic imine (C=N–C) groups is 1. The molecule has 2 fully saturated rings. The first-order valence-electron chi connectivity index (χ1n) is 7.94. The predicted octanol–water partition coefficient (Wildman–Crippen LogP) is 3.63. The Labute approximate surface area is 131 Å². The summed E-state index contributed by atoms with van der Waals surface area (Å²) in [6.45, 7) is 3.44. The van der Waals surface area contributed by atoms with E-state index in [2.05, 4.69) is 29.4 Å². The molecule has 2 atom stereocenters. The fourth-order valence-corrected chi connectivity index (χ4v) is 4.28. The number of benzene rings is 1. The minimum atomic E-state index is 0.642. The third-order valence-corrected chi connectivity index (χ3v) is 5.37. The number of hydrogen-bond acceptors (Lipinski definition) is 3. The van der Waals surface area contributed by atoms with Gasteiger partial charge in [0.15, 0.2) is 5.17 Å². The van der Waals surface area contributed by atoms with Crippen LogP contribution in [-0.2, 0) is 0 Å². The molecule has 1 heterocycles. The molecule has 0 radical (unpaired) electrons. The van der Waals surface area contributed by atoms with Crippen molar-refractivity contribution >= 4 is 16.9 Å². The lowest BCUT2D eigenvalue weighted by molar-refractivity contribution is 0.309. The molecule has 1 N–H and O–H groups in total. The lowest BCUT2D eigenvalue weighted by atomic mass is 9.86. The topological polar surface area (TPSA) is 33.6 Å². The number of fused-ring (bicyclic) bond motifs is 1. The number of nitrogens with one attached hydrogen (secondary N) is 1. The van der Waals surface area contributed by atoms with E-state index in [1.54, 1.807) is 0 Å². The van der Waals surface area contributed by atoms with E-state index in [1.165, 1.54) is 37.0 Å². The molecule has 4 heteroatoms. The third kappa shape index (κ3) is 4.16. The first-order valence-corrected chi connectivity index (χ1v) is 8.93. The van der Waals surface area contributed by atoms with Crippen LogP contribution in [-0.4, -0.2) is 30.1 Å². The van der Waals surface area contributed by atoms with Gasteiger partial charge in [0.25, 0.3) is 0 Å². The number of hydrogen-bond donors (Lipinski definition) is 1. The van der Waals surface area contributed by atoms with E-state index in [-0.39, 0.29) is 0 Å². The molecular formula is C17H24N2OS. The zero-order chi connectivity index (χ0) is 14.5. The van der Waals surface area contributed by atoms with Gasteiger partial charge in [0.2, 0.25) is 0 Å². The Hall–Kier alpha value is -1.16. The molecule has 1 aliphatic heterocycles. The van der Waals surface area contributed by atoms with Crippen LogP contribution in [0.4, 0.5) is 0 Å². The second kappa shape index (κ2) is 7.21. The molecule has 1 aliphatic carbocycles. The van der Waals surface area contributed by atoms with Crippen molar-refractivity contribution in [3.63, 3.8) is 0 Å². The van der Waals surface area contributed by atoms with Crippen LogP contribution in [0.3, 0.4) is 0 Å². The lowest BCUT2D eigenvalue weighted by Gasteiger charge is -2.36. The Kier molecular flexibility index (Phi) is 5.07. The molecule has 0 spiro atoms. The quantitative estimate of drug-likeness (QED) is 0.863. The maximum absolute atomic E-state index is 5.74. The van der Waals surface area contributed by atoms with Crippen LogP contribution in [0.15, 0.2) is 29.3 Å². The molecule has 0 amide bonds. The Morgan fingerprint density at radius 1 is 1.33 bits per heavy atom. The van der Waals surface area contributed by atoms with Gasteiger partial charge in [0.1, 0.15) is 12.4 Å². The van der Waals surface area contributed by atoms with Crippen LogP contribution in [0.2, 0.25) is 0 Å². The van der Waals surface area contributed by atoms with Gasteiger partial charge in [0, 0.05) is 11.8 Å². The first-order chi connectivity index (χ1) is 10.3. The van der Waals surface area contributed by atoms with E-state index >= 15 is 0 Å². The second-order valence-corrected chi connectivity index (χ2v) is 6.97. The van der Waals surface area contributed by atoms with Crippen molar-refractivity contribution in [2.75, 3.05) is 18.9 Å². The van der Waals surface area contributed by atoms with Crippen LogP contribution < -0.4 is 10.1 Å². The predicted molar refractivity (Wildman–Crippen MR) is 90.3 cm³/mol. The van der Waals surface area contributed by atoms with Gasteiger partial charge < -0.3 is 10.1 Å². The molecule has 2 unspecified atom stereocenters. The summed E-state index contributed by atoms with van der Waals surface area (Å²) in [5.41, 5.74) is 1.23. The fourth-order valence-electron chi connectivity index (χ4n) is 3.09. The highest BCUT2D eigenvalue weighted by Gasteiger charge is 2.29. The minimum Gasteiger partial charge on any atom is -0.492 e. The Balaban J connectivity index is 1.44. The largest absolute Gasteiger partial charge is 0.492 e. The first kappa shape index (κ1) is 14.8. The smallest absolute Gasteiger partial charge is 0.156 e. The standard InChI is InChI=1S/C17H24N2OS/c1-13-5-4-7-15(11-13)20-10-9-18-17-19-16-8-3-2-6-14(16)12-21-17/h4-5,7,11,14,16H,2-3,6,8-10,12H2,1H3,(H,18,19). The summed E-state index contributed by atoms with van der Waals surface area (Å²) in [5, 5.41) is 4.74. The monoisotopic (exact) mass is 304 g/mol. The summed E-state index contributed by atoms with van der Waals surface area (Å²) >= 11 is 1.88.